The number of phosphoric acid groups is 1. The van der Waals surface area contributed by atoms with Crippen LogP contribution in [0.1, 0.15) is 110 Å². The first kappa shape index (κ1) is 41.7. The molecule has 0 aliphatic heterocycles. The second kappa shape index (κ2) is 30.7. The molecule has 0 radical (unpaired) electrons. The van der Waals surface area contributed by atoms with E-state index in [0.29, 0.717) is 12.8 Å². The molecule has 0 aromatic rings. The second-order valence-electron chi connectivity index (χ2n) is 10.4. The molecule has 0 aromatic heterocycles. The number of hydrogen-bond acceptors (Lipinski definition) is 7. The number of carbonyl (C=O) groups is 2. The number of phosphoric ester groups is 1. The monoisotopic (exact) mass is 639 g/mol. The summed E-state index contributed by atoms with van der Waals surface area (Å²) in [4.78, 5) is 33.4. The van der Waals surface area contributed by atoms with Crippen molar-refractivity contribution in [3.63, 3.8) is 0 Å². The van der Waals surface area contributed by atoms with Crippen molar-refractivity contribution in [3.8, 4) is 0 Å². The molecular formula is C34H58NO8P. The molecule has 2 atom stereocenters. The van der Waals surface area contributed by atoms with Gasteiger partial charge in [0, 0.05) is 19.4 Å². The number of nitrogens with one attached hydrogen (secondary N) is 1. The van der Waals surface area contributed by atoms with E-state index in [1.807, 2.05) is 6.08 Å². The van der Waals surface area contributed by atoms with E-state index in [0.717, 1.165) is 57.8 Å². The van der Waals surface area contributed by atoms with Crippen molar-refractivity contribution in [3.05, 3.63) is 60.8 Å². The summed E-state index contributed by atoms with van der Waals surface area (Å²) in [5.41, 5.74) is 0. The van der Waals surface area contributed by atoms with Crippen molar-refractivity contribution in [1.82, 2.24) is 5.32 Å². The van der Waals surface area contributed by atoms with Gasteiger partial charge in [-0.15, -0.1) is 0 Å². The minimum atomic E-state index is -4.41. The summed E-state index contributed by atoms with van der Waals surface area (Å²) in [5, 5.41) is 12.5. The molecule has 1 amide bonds. The number of unbranched alkanes of at least 4 members (excludes halogenated alkanes) is 6. The highest BCUT2D eigenvalue weighted by molar-refractivity contribution is 7.47. The Hall–Kier alpha value is -2.29. The van der Waals surface area contributed by atoms with Gasteiger partial charge >= 0.3 is 13.8 Å². The van der Waals surface area contributed by atoms with Crippen LogP contribution >= 0.6 is 7.82 Å². The molecule has 3 N–H and O–H groups in total. The average molecular weight is 640 g/mol. The molecule has 0 spiro atoms. The van der Waals surface area contributed by atoms with E-state index in [1.165, 1.54) is 19.3 Å². The van der Waals surface area contributed by atoms with Crippen LogP contribution < -0.4 is 5.32 Å². The van der Waals surface area contributed by atoms with Crippen LogP contribution in [-0.2, 0) is 27.9 Å². The van der Waals surface area contributed by atoms with Crippen LogP contribution in [-0.4, -0.2) is 54.3 Å². The van der Waals surface area contributed by atoms with Crippen LogP contribution in [0.4, 0.5) is 0 Å². The zero-order chi connectivity index (χ0) is 32.6. The maximum atomic E-state index is 11.9. The van der Waals surface area contributed by atoms with E-state index in [-0.39, 0.29) is 32.1 Å². The van der Waals surface area contributed by atoms with Gasteiger partial charge in [0.1, 0.15) is 12.7 Å². The van der Waals surface area contributed by atoms with E-state index >= 15 is 0 Å². The molecular weight excluding hydrogens is 581 g/mol. The Labute approximate surface area is 266 Å². The molecule has 9 nitrogen and oxygen atoms in total. The third-order valence-electron chi connectivity index (χ3n) is 6.21. The molecule has 2 unspecified atom stereocenters. The normalized spacial score (nSPS) is 14.4. The molecule has 44 heavy (non-hydrogen) atoms. The first-order chi connectivity index (χ1) is 21.3. The van der Waals surface area contributed by atoms with Gasteiger partial charge in [-0.1, -0.05) is 107 Å². The van der Waals surface area contributed by atoms with E-state index in [1.54, 1.807) is 0 Å². The number of ether oxygens (including phenoxy) is 1. The number of esters is 1. The standard InChI is InChI=1S/C34H58NO8P/c1-3-5-7-9-11-12-13-14-15-16-17-18-19-20-21-23-25-27-34(38)41-30-32(36)31-43-44(39,40)42-29-28-35-33(37)26-24-22-10-8-6-4-2/h5,7,11-12,14-15,17-18,20-21,32,36H,3-4,6,8-10,13,16,19,22-31H2,1-2H3,(H,35,37)(H,39,40)/b7-5-,12-11-,15-14-,18-17-,21-20-. The molecule has 0 saturated carbocycles. The lowest BCUT2D eigenvalue weighted by Crippen LogP contribution is -2.27. The van der Waals surface area contributed by atoms with Crippen molar-refractivity contribution in [2.24, 2.45) is 0 Å². The second-order valence-corrected chi connectivity index (χ2v) is 11.9. The maximum Gasteiger partial charge on any atom is 0.472 e. The molecule has 0 aromatic carbocycles. The van der Waals surface area contributed by atoms with Crippen molar-refractivity contribution in [1.29, 1.82) is 0 Å². The van der Waals surface area contributed by atoms with Crippen molar-refractivity contribution in [2.45, 2.75) is 116 Å². The van der Waals surface area contributed by atoms with Gasteiger partial charge < -0.3 is 20.1 Å². The summed E-state index contributed by atoms with van der Waals surface area (Å²) >= 11 is 0. The number of allylic oxidation sites excluding steroid dienone is 10. The van der Waals surface area contributed by atoms with Crippen molar-refractivity contribution >= 4 is 19.7 Å². The lowest BCUT2D eigenvalue weighted by atomic mass is 10.1. The highest BCUT2D eigenvalue weighted by atomic mass is 31.2. The molecule has 10 heteroatoms. The molecule has 0 bridgehead atoms. The van der Waals surface area contributed by atoms with E-state index in [4.69, 9.17) is 13.8 Å². The minimum absolute atomic E-state index is 0.0718. The number of aliphatic hydroxyl groups excluding tert-OH is 1. The summed E-state index contributed by atoms with van der Waals surface area (Å²) in [5.74, 6) is -0.593. The molecule has 0 saturated heterocycles. The van der Waals surface area contributed by atoms with Crippen molar-refractivity contribution < 1.29 is 37.9 Å². The Balaban J connectivity index is 3.78. The van der Waals surface area contributed by atoms with E-state index in [9.17, 15) is 24.2 Å². The van der Waals surface area contributed by atoms with Gasteiger partial charge in [-0.25, -0.2) is 4.57 Å². The van der Waals surface area contributed by atoms with Crippen LogP contribution in [0.3, 0.4) is 0 Å². The number of carbonyl (C=O) groups excluding carboxylic acids is 2. The summed E-state index contributed by atoms with van der Waals surface area (Å²) in [7, 11) is -4.41. The Morgan fingerprint density at radius 2 is 1.30 bits per heavy atom. The third kappa shape index (κ3) is 31.1. The lowest BCUT2D eigenvalue weighted by Gasteiger charge is -2.15. The predicted octanol–water partition coefficient (Wildman–Crippen LogP) is 7.81. The number of rotatable bonds is 29. The Bertz CT molecular complexity index is 913. The summed E-state index contributed by atoms with van der Waals surface area (Å²) in [6.45, 7) is 3.26. The van der Waals surface area contributed by atoms with Gasteiger partial charge in [0.05, 0.1) is 13.2 Å². The van der Waals surface area contributed by atoms with Crippen LogP contribution in [0.25, 0.3) is 0 Å². The van der Waals surface area contributed by atoms with Gasteiger partial charge in [0.2, 0.25) is 5.91 Å². The van der Waals surface area contributed by atoms with Gasteiger partial charge in [-0.3, -0.25) is 18.6 Å². The Morgan fingerprint density at radius 3 is 1.91 bits per heavy atom. The van der Waals surface area contributed by atoms with Gasteiger partial charge in [0.25, 0.3) is 0 Å². The lowest BCUT2D eigenvalue weighted by molar-refractivity contribution is -0.147. The summed E-state index contributed by atoms with van der Waals surface area (Å²) < 4.78 is 26.5. The summed E-state index contributed by atoms with van der Waals surface area (Å²) in [6, 6.07) is 0. The topological polar surface area (TPSA) is 131 Å². The number of hydrogen-bond donors (Lipinski definition) is 3. The number of aliphatic hydroxyl groups is 1. The zero-order valence-electron chi connectivity index (χ0n) is 27.1. The van der Waals surface area contributed by atoms with Crippen LogP contribution in [0.15, 0.2) is 60.8 Å². The van der Waals surface area contributed by atoms with E-state index in [2.05, 4.69) is 73.8 Å². The molecule has 0 rings (SSSR count). The fraction of sp³-hybridized carbons (Fsp3) is 0.647. The fourth-order valence-electron chi connectivity index (χ4n) is 3.77. The first-order valence-corrected chi connectivity index (χ1v) is 17.8. The number of amides is 1. The van der Waals surface area contributed by atoms with Gasteiger partial charge in [-0.2, -0.15) is 0 Å². The smallest absolute Gasteiger partial charge is 0.463 e. The third-order valence-corrected chi connectivity index (χ3v) is 7.20. The molecule has 0 aliphatic rings. The summed E-state index contributed by atoms with van der Waals surface area (Å²) in [6.07, 6.45) is 33.3. The zero-order valence-corrected chi connectivity index (χ0v) is 28.0. The van der Waals surface area contributed by atoms with Gasteiger partial charge in [0.15, 0.2) is 0 Å². The minimum Gasteiger partial charge on any atom is -0.463 e. The Kier molecular flexibility index (Phi) is 29.1. The molecule has 0 aliphatic carbocycles. The first-order valence-electron chi connectivity index (χ1n) is 16.3. The highest BCUT2D eigenvalue weighted by Gasteiger charge is 2.23. The van der Waals surface area contributed by atoms with Crippen LogP contribution in [0.2, 0.25) is 0 Å². The Morgan fingerprint density at radius 1 is 0.727 bits per heavy atom. The molecule has 252 valence electrons. The van der Waals surface area contributed by atoms with Crippen LogP contribution in [0.5, 0.6) is 0 Å². The van der Waals surface area contributed by atoms with E-state index < -0.39 is 26.5 Å². The average Bonchev–Trinajstić information content (AvgIpc) is 3.00. The van der Waals surface area contributed by atoms with Gasteiger partial charge in [-0.05, 0) is 51.4 Å². The quantitative estimate of drug-likeness (QED) is 0.0327. The fourth-order valence-corrected chi connectivity index (χ4v) is 4.52. The van der Waals surface area contributed by atoms with Crippen molar-refractivity contribution in [2.75, 3.05) is 26.4 Å². The van der Waals surface area contributed by atoms with Crippen LogP contribution in [0, 0.1) is 0 Å². The maximum absolute atomic E-state index is 11.9. The SMILES string of the molecule is CC/C=C\C/C=C\C/C=C\C/C=C\C/C=C\CCCC(=O)OCC(O)COP(=O)(O)OCCNC(=O)CCCCCCCC. The highest BCUT2D eigenvalue weighted by Crippen LogP contribution is 2.42. The predicted molar refractivity (Wildman–Crippen MR) is 178 cm³/mol. The molecule has 0 fully saturated rings. The largest absolute Gasteiger partial charge is 0.472 e. The molecule has 0 heterocycles.